The van der Waals surface area contributed by atoms with E-state index in [1.54, 1.807) is 24.3 Å². The molecule has 2 amide bonds. The number of amides is 2. The minimum Gasteiger partial charge on any atom is -0.489 e. The number of para-hydroxylation sites is 2. The molecule has 0 radical (unpaired) electrons. The largest absolute Gasteiger partial charge is 0.489 e. The molecule has 2 rings (SSSR count). The predicted molar refractivity (Wildman–Crippen MR) is 94.0 cm³/mol. The lowest BCUT2D eigenvalue weighted by atomic mass is 10.3. The van der Waals surface area contributed by atoms with Crippen molar-refractivity contribution in [1.29, 1.82) is 0 Å². The van der Waals surface area contributed by atoms with Gasteiger partial charge in [0.05, 0.1) is 24.6 Å². The van der Waals surface area contributed by atoms with E-state index in [1.807, 2.05) is 13.8 Å². The first-order chi connectivity index (χ1) is 11.3. The summed E-state index contributed by atoms with van der Waals surface area (Å²) in [6.45, 7) is 4.10. The molecule has 0 unspecified atom stereocenters. The van der Waals surface area contributed by atoms with Gasteiger partial charge in [-0.2, -0.15) is 0 Å². The van der Waals surface area contributed by atoms with Crippen LogP contribution in [0.25, 0.3) is 0 Å². The Morgan fingerprint density at radius 3 is 2.58 bits per heavy atom. The predicted octanol–water partition coefficient (Wildman–Crippen LogP) is 1.70. The number of ether oxygens (including phenoxy) is 1. The first kappa shape index (κ1) is 18.4. The van der Waals surface area contributed by atoms with Crippen molar-refractivity contribution >= 4 is 21.7 Å². The maximum absolute atomic E-state index is 12.2. The molecule has 24 heavy (non-hydrogen) atoms. The fraction of sp³-hybridized carbons (Fsp3) is 0.562. The Morgan fingerprint density at radius 1 is 1.33 bits per heavy atom. The second-order valence-corrected chi connectivity index (χ2v) is 8.05. The first-order valence-electron chi connectivity index (χ1n) is 8.05. The van der Waals surface area contributed by atoms with E-state index < -0.39 is 10.0 Å². The second kappa shape index (κ2) is 7.74. The van der Waals surface area contributed by atoms with Crippen molar-refractivity contribution in [3.63, 3.8) is 0 Å². The number of nitrogens with one attached hydrogen (secondary N) is 2. The zero-order valence-electron chi connectivity index (χ0n) is 14.3. The summed E-state index contributed by atoms with van der Waals surface area (Å²) in [6.07, 6.45) is 3.07. The summed E-state index contributed by atoms with van der Waals surface area (Å²) in [5.74, 6) is 0.500. The van der Waals surface area contributed by atoms with Gasteiger partial charge in [0.25, 0.3) is 0 Å². The third kappa shape index (κ3) is 5.59. The first-order valence-corrected chi connectivity index (χ1v) is 9.90. The van der Waals surface area contributed by atoms with Crippen LogP contribution >= 0.6 is 0 Å². The number of anilines is 1. The van der Waals surface area contributed by atoms with E-state index in [-0.39, 0.29) is 31.3 Å². The maximum atomic E-state index is 12.2. The van der Waals surface area contributed by atoms with Crippen molar-refractivity contribution in [1.82, 2.24) is 10.6 Å². The molecule has 1 aliphatic rings. The highest BCUT2D eigenvalue weighted by molar-refractivity contribution is 7.92. The van der Waals surface area contributed by atoms with E-state index in [2.05, 4.69) is 10.6 Å². The SMILES string of the molecule is CC(C)Oc1ccccc1N(CCNC(=O)NC1CC1)S(C)(=O)=O. The second-order valence-electron chi connectivity index (χ2n) is 6.14. The number of rotatable bonds is 8. The summed E-state index contributed by atoms with van der Waals surface area (Å²) < 4.78 is 31.3. The van der Waals surface area contributed by atoms with Gasteiger partial charge in [0.1, 0.15) is 5.75 Å². The fourth-order valence-corrected chi connectivity index (χ4v) is 3.15. The molecule has 0 spiro atoms. The topological polar surface area (TPSA) is 87.7 Å². The van der Waals surface area contributed by atoms with E-state index in [9.17, 15) is 13.2 Å². The Balaban J connectivity index is 2.07. The van der Waals surface area contributed by atoms with Crippen LogP contribution in [0.2, 0.25) is 0 Å². The molecule has 0 aliphatic heterocycles. The average Bonchev–Trinajstić information content (AvgIpc) is 3.26. The molecule has 0 heterocycles. The van der Waals surface area contributed by atoms with Crippen LogP contribution in [0.4, 0.5) is 10.5 Å². The molecule has 0 bridgehead atoms. The molecule has 0 aromatic heterocycles. The Morgan fingerprint density at radius 2 is 2.00 bits per heavy atom. The van der Waals surface area contributed by atoms with E-state index in [0.717, 1.165) is 19.1 Å². The number of carbonyl (C=O) groups is 1. The van der Waals surface area contributed by atoms with Gasteiger partial charge in [0, 0.05) is 12.6 Å². The van der Waals surface area contributed by atoms with Gasteiger partial charge in [0.15, 0.2) is 0 Å². The minimum atomic E-state index is -3.50. The molecule has 1 saturated carbocycles. The van der Waals surface area contributed by atoms with Gasteiger partial charge >= 0.3 is 6.03 Å². The molecular weight excluding hydrogens is 330 g/mol. The van der Waals surface area contributed by atoms with Gasteiger partial charge in [-0.05, 0) is 38.8 Å². The zero-order chi connectivity index (χ0) is 17.7. The Hall–Kier alpha value is -1.96. The van der Waals surface area contributed by atoms with Crippen molar-refractivity contribution in [3.8, 4) is 5.75 Å². The third-order valence-electron chi connectivity index (χ3n) is 3.41. The van der Waals surface area contributed by atoms with Gasteiger partial charge in [-0.1, -0.05) is 12.1 Å². The lowest BCUT2D eigenvalue weighted by Gasteiger charge is -2.25. The Labute approximate surface area is 143 Å². The molecule has 134 valence electrons. The number of urea groups is 1. The molecule has 1 aromatic rings. The van der Waals surface area contributed by atoms with Gasteiger partial charge < -0.3 is 15.4 Å². The highest BCUT2D eigenvalue weighted by atomic mass is 32.2. The minimum absolute atomic E-state index is 0.0741. The number of sulfonamides is 1. The summed E-state index contributed by atoms with van der Waals surface area (Å²) >= 11 is 0. The van der Waals surface area contributed by atoms with Crippen LogP contribution in [0.3, 0.4) is 0 Å². The van der Waals surface area contributed by atoms with E-state index in [4.69, 9.17) is 4.74 Å². The number of carbonyl (C=O) groups excluding carboxylic acids is 1. The molecule has 2 N–H and O–H groups in total. The van der Waals surface area contributed by atoms with Crippen molar-refractivity contribution in [2.45, 2.75) is 38.8 Å². The molecule has 7 nitrogen and oxygen atoms in total. The molecule has 1 fully saturated rings. The van der Waals surface area contributed by atoms with Gasteiger partial charge in [0.2, 0.25) is 10.0 Å². The van der Waals surface area contributed by atoms with Crippen molar-refractivity contribution in [2.24, 2.45) is 0 Å². The van der Waals surface area contributed by atoms with Gasteiger partial charge in [-0.25, -0.2) is 13.2 Å². The van der Waals surface area contributed by atoms with Crippen molar-refractivity contribution in [2.75, 3.05) is 23.7 Å². The van der Waals surface area contributed by atoms with E-state index >= 15 is 0 Å². The molecule has 1 aliphatic carbocycles. The zero-order valence-corrected chi connectivity index (χ0v) is 15.1. The monoisotopic (exact) mass is 355 g/mol. The van der Waals surface area contributed by atoms with Crippen LogP contribution in [0.15, 0.2) is 24.3 Å². The molecule has 1 aromatic carbocycles. The van der Waals surface area contributed by atoms with Crippen molar-refractivity contribution in [3.05, 3.63) is 24.3 Å². The maximum Gasteiger partial charge on any atom is 0.315 e. The lowest BCUT2D eigenvalue weighted by molar-refractivity contribution is 0.240. The van der Waals surface area contributed by atoms with Crippen LogP contribution in [-0.2, 0) is 10.0 Å². The number of nitrogens with zero attached hydrogens (tertiary/aromatic N) is 1. The highest BCUT2D eigenvalue weighted by Crippen LogP contribution is 2.30. The lowest BCUT2D eigenvalue weighted by Crippen LogP contribution is -2.42. The van der Waals surface area contributed by atoms with Crippen LogP contribution in [0.1, 0.15) is 26.7 Å². The van der Waals surface area contributed by atoms with E-state index in [1.165, 1.54) is 4.31 Å². The average molecular weight is 355 g/mol. The summed E-state index contributed by atoms with van der Waals surface area (Å²) in [6, 6.07) is 6.98. The molecule has 0 saturated heterocycles. The smallest absolute Gasteiger partial charge is 0.315 e. The normalized spacial score (nSPS) is 14.3. The highest BCUT2D eigenvalue weighted by Gasteiger charge is 2.24. The number of benzene rings is 1. The van der Waals surface area contributed by atoms with Crippen LogP contribution < -0.4 is 19.7 Å². The van der Waals surface area contributed by atoms with Crippen LogP contribution in [0.5, 0.6) is 5.75 Å². The molecular formula is C16H25N3O4S. The van der Waals surface area contributed by atoms with Crippen LogP contribution in [-0.4, -0.2) is 45.9 Å². The summed E-state index contributed by atoms with van der Waals surface area (Å²) in [7, 11) is -3.50. The number of hydrogen-bond donors (Lipinski definition) is 2. The molecule has 0 atom stereocenters. The molecule has 8 heteroatoms. The fourth-order valence-electron chi connectivity index (χ4n) is 2.22. The van der Waals surface area contributed by atoms with Gasteiger partial charge in [-0.15, -0.1) is 0 Å². The Bertz CT molecular complexity index is 672. The summed E-state index contributed by atoms with van der Waals surface area (Å²) in [5, 5.41) is 5.49. The van der Waals surface area contributed by atoms with Crippen molar-refractivity contribution < 1.29 is 17.9 Å². The summed E-state index contributed by atoms with van der Waals surface area (Å²) in [4.78, 5) is 11.7. The summed E-state index contributed by atoms with van der Waals surface area (Å²) in [5.41, 5.74) is 0.470. The van der Waals surface area contributed by atoms with E-state index in [0.29, 0.717) is 11.4 Å². The Kier molecular flexibility index (Phi) is 5.93. The quantitative estimate of drug-likeness (QED) is 0.743. The van der Waals surface area contributed by atoms with Gasteiger partial charge in [-0.3, -0.25) is 4.31 Å². The standard InChI is InChI=1S/C16H25N3O4S/c1-12(2)23-15-7-5-4-6-14(15)19(24(3,21)22)11-10-17-16(20)18-13-8-9-13/h4-7,12-13H,8-11H2,1-3H3,(H2,17,18,20). The third-order valence-corrected chi connectivity index (χ3v) is 4.59. The van der Waals surface area contributed by atoms with Crippen LogP contribution in [0, 0.1) is 0 Å². The number of hydrogen-bond acceptors (Lipinski definition) is 4.